The van der Waals surface area contributed by atoms with Gasteiger partial charge in [0.2, 0.25) is 0 Å². The zero-order valence-electron chi connectivity index (χ0n) is 10.8. The van der Waals surface area contributed by atoms with Crippen molar-refractivity contribution in [3.05, 3.63) is 70.2 Å². The summed E-state index contributed by atoms with van der Waals surface area (Å²) in [6.07, 6.45) is 0.462. The molecule has 104 valence electrons. The minimum Gasteiger partial charge on any atom is -0.315 e. The Kier molecular flexibility index (Phi) is 3.48. The van der Waals surface area contributed by atoms with Crippen LogP contribution in [0.25, 0.3) is 0 Å². The van der Waals surface area contributed by atoms with Gasteiger partial charge in [0.15, 0.2) is 11.6 Å². The molecule has 0 bridgehead atoms. The van der Waals surface area contributed by atoms with Gasteiger partial charge in [0.1, 0.15) is 0 Å². The molecule has 0 saturated carbocycles. The molecule has 1 N–H and O–H groups in total. The second kappa shape index (κ2) is 5.15. The number of hydrogen-bond acceptors (Lipinski definition) is 1. The smallest absolute Gasteiger partial charge is 0.162 e. The van der Waals surface area contributed by atoms with Gasteiger partial charge in [-0.15, -0.1) is 0 Å². The van der Waals surface area contributed by atoms with Crippen LogP contribution >= 0.6 is 11.6 Å². The normalized spacial score (nSPS) is 16.8. The third-order valence-electron chi connectivity index (χ3n) is 3.92. The van der Waals surface area contributed by atoms with Crippen LogP contribution in [0.4, 0.5) is 8.78 Å². The number of rotatable bonds is 3. The van der Waals surface area contributed by atoms with E-state index in [1.807, 2.05) is 24.3 Å². The molecule has 0 atom stereocenters. The van der Waals surface area contributed by atoms with Crippen LogP contribution < -0.4 is 5.32 Å². The highest BCUT2D eigenvalue weighted by Gasteiger charge is 2.39. The van der Waals surface area contributed by atoms with E-state index in [1.165, 1.54) is 0 Å². The van der Waals surface area contributed by atoms with Gasteiger partial charge in [-0.1, -0.05) is 35.9 Å². The molecule has 1 heterocycles. The Bertz CT molecular complexity index is 638. The van der Waals surface area contributed by atoms with Crippen molar-refractivity contribution in [2.45, 2.75) is 11.8 Å². The monoisotopic (exact) mass is 293 g/mol. The summed E-state index contributed by atoms with van der Waals surface area (Å²) in [7, 11) is 0. The van der Waals surface area contributed by atoms with Gasteiger partial charge in [-0.05, 0) is 35.7 Å². The van der Waals surface area contributed by atoms with Gasteiger partial charge >= 0.3 is 0 Å². The molecule has 0 radical (unpaired) electrons. The molecule has 20 heavy (non-hydrogen) atoms. The third-order valence-corrected chi connectivity index (χ3v) is 4.16. The molecule has 1 aliphatic rings. The van der Waals surface area contributed by atoms with E-state index in [2.05, 4.69) is 5.32 Å². The van der Waals surface area contributed by atoms with Gasteiger partial charge in [-0.2, -0.15) is 0 Å². The molecule has 1 nitrogen and oxygen atoms in total. The summed E-state index contributed by atoms with van der Waals surface area (Å²) in [5.74, 6) is -1.54. The summed E-state index contributed by atoms with van der Waals surface area (Å²) < 4.78 is 27.2. The van der Waals surface area contributed by atoms with Crippen molar-refractivity contribution in [2.24, 2.45) is 0 Å². The Balaban J connectivity index is 1.96. The highest BCUT2D eigenvalue weighted by Crippen LogP contribution is 2.34. The second-order valence-corrected chi connectivity index (χ2v) is 5.72. The predicted octanol–water partition coefficient (Wildman–Crippen LogP) is 3.70. The summed E-state index contributed by atoms with van der Waals surface area (Å²) in [4.78, 5) is 0. The molecule has 1 fully saturated rings. The Morgan fingerprint density at radius 2 is 1.85 bits per heavy atom. The molecule has 0 aliphatic carbocycles. The fraction of sp³-hybridized carbons (Fsp3) is 0.250. The lowest BCUT2D eigenvalue weighted by atomic mass is 9.71. The largest absolute Gasteiger partial charge is 0.315 e. The number of halogens is 3. The standard InChI is InChI=1S/C16H14ClF2N/c17-13-5-2-4-12(7-13)16(9-20-10-16)8-11-3-1-6-14(18)15(11)19/h1-7,20H,8-10H2. The van der Waals surface area contributed by atoms with Crippen LogP contribution in [0.1, 0.15) is 11.1 Å². The first-order valence-corrected chi connectivity index (χ1v) is 6.88. The maximum Gasteiger partial charge on any atom is 0.162 e. The number of benzene rings is 2. The fourth-order valence-electron chi connectivity index (χ4n) is 2.73. The minimum atomic E-state index is -0.795. The Morgan fingerprint density at radius 3 is 2.50 bits per heavy atom. The molecule has 2 aromatic rings. The zero-order valence-corrected chi connectivity index (χ0v) is 11.6. The highest BCUT2D eigenvalue weighted by atomic mass is 35.5. The van der Waals surface area contributed by atoms with Crippen molar-refractivity contribution < 1.29 is 8.78 Å². The predicted molar refractivity (Wildman–Crippen MR) is 76.1 cm³/mol. The lowest BCUT2D eigenvalue weighted by molar-refractivity contribution is 0.271. The Labute approximate surface area is 121 Å². The summed E-state index contributed by atoms with van der Waals surface area (Å²) in [6.45, 7) is 1.48. The third kappa shape index (κ3) is 2.32. The van der Waals surface area contributed by atoms with Crippen molar-refractivity contribution in [1.82, 2.24) is 5.32 Å². The summed E-state index contributed by atoms with van der Waals surface area (Å²) in [6, 6.07) is 11.9. The van der Waals surface area contributed by atoms with E-state index < -0.39 is 11.6 Å². The van der Waals surface area contributed by atoms with E-state index >= 15 is 0 Å². The van der Waals surface area contributed by atoms with E-state index in [0.717, 1.165) is 24.7 Å². The Morgan fingerprint density at radius 1 is 1.10 bits per heavy atom. The maximum atomic E-state index is 13.9. The van der Waals surface area contributed by atoms with Gasteiger partial charge in [-0.25, -0.2) is 8.78 Å². The van der Waals surface area contributed by atoms with Gasteiger partial charge in [0.05, 0.1) is 0 Å². The minimum absolute atomic E-state index is 0.209. The maximum absolute atomic E-state index is 13.9. The molecular weight excluding hydrogens is 280 g/mol. The first-order valence-electron chi connectivity index (χ1n) is 6.50. The van der Waals surface area contributed by atoms with E-state index in [0.29, 0.717) is 17.0 Å². The zero-order chi connectivity index (χ0) is 14.2. The van der Waals surface area contributed by atoms with Crippen molar-refractivity contribution in [2.75, 3.05) is 13.1 Å². The lowest BCUT2D eigenvalue weighted by Gasteiger charge is -2.43. The number of nitrogens with one attached hydrogen (secondary N) is 1. The molecule has 0 aromatic heterocycles. The van der Waals surface area contributed by atoms with Gasteiger partial charge in [0, 0.05) is 23.5 Å². The number of hydrogen-bond donors (Lipinski definition) is 1. The molecule has 2 aromatic carbocycles. The van der Waals surface area contributed by atoms with E-state index in [4.69, 9.17) is 11.6 Å². The molecule has 3 rings (SSSR count). The van der Waals surface area contributed by atoms with E-state index in [9.17, 15) is 8.78 Å². The molecule has 1 aliphatic heterocycles. The van der Waals surface area contributed by atoms with Crippen molar-refractivity contribution >= 4 is 11.6 Å². The van der Waals surface area contributed by atoms with Crippen LogP contribution in [0.2, 0.25) is 5.02 Å². The molecule has 0 spiro atoms. The lowest BCUT2D eigenvalue weighted by Crippen LogP contribution is -2.58. The van der Waals surface area contributed by atoms with E-state index in [-0.39, 0.29) is 5.41 Å². The van der Waals surface area contributed by atoms with Crippen molar-refractivity contribution in [3.8, 4) is 0 Å². The highest BCUT2D eigenvalue weighted by molar-refractivity contribution is 6.30. The average molecular weight is 294 g/mol. The van der Waals surface area contributed by atoms with Gasteiger partial charge in [0.25, 0.3) is 0 Å². The van der Waals surface area contributed by atoms with Crippen LogP contribution in [0.15, 0.2) is 42.5 Å². The van der Waals surface area contributed by atoms with Crippen LogP contribution in [-0.4, -0.2) is 13.1 Å². The SMILES string of the molecule is Fc1cccc(CC2(c3cccc(Cl)c3)CNC2)c1F. The van der Waals surface area contributed by atoms with Gasteiger partial charge in [-0.3, -0.25) is 0 Å². The topological polar surface area (TPSA) is 12.0 Å². The molecule has 0 amide bonds. The van der Waals surface area contributed by atoms with Crippen LogP contribution in [0.5, 0.6) is 0 Å². The first kappa shape index (κ1) is 13.5. The summed E-state index contributed by atoms with van der Waals surface area (Å²) in [5, 5.41) is 3.88. The Hall–Kier alpha value is -1.45. The van der Waals surface area contributed by atoms with Crippen LogP contribution in [0.3, 0.4) is 0 Å². The molecule has 4 heteroatoms. The summed E-state index contributed by atoms with van der Waals surface area (Å²) >= 11 is 6.04. The van der Waals surface area contributed by atoms with Gasteiger partial charge < -0.3 is 5.32 Å². The first-order chi connectivity index (χ1) is 9.61. The molecular formula is C16H14ClF2N. The summed E-state index contributed by atoms with van der Waals surface area (Å²) in [5.41, 5.74) is 1.26. The fourth-order valence-corrected chi connectivity index (χ4v) is 2.92. The van der Waals surface area contributed by atoms with Crippen LogP contribution in [-0.2, 0) is 11.8 Å². The van der Waals surface area contributed by atoms with E-state index in [1.54, 1.807) is 12.1 Å². The molecule has 1 saturated heterocycles. The average Bonchev–Trinajstić information content (AvgIpc) is 2.38. The molecule has 0 unspecified atom stereocenters. The van der Waals surface area contributed by atoms with Crippen LogP contribution in [0, 0.1) is 11.6 Å². The van der Waals surface area contributed by atoms with Crippen molar-refractivity contribution in [3.63, 3.8) is 0 Å². The van der Waals surface area contributed by atoms with Crippen molar-refractivity contribution in [1.29, 1.82) is 0 Å². The quantitative estimate of drug-likeness (QED) is 0.910. The second-order valence-electron chi connectivity index (χ2n) is 5.28.